The van der Waals surface area contributed by atoms with Gasteiger partial charge in [0, 0.05) is 27.4 Å². The van der Waals surface area contributed by atoms with Gasteiger partial charge in [0.05, 0.1) is 17.9 Å². The fourth-order valence-electron chi connectivity index (χ4n) is 3.50. The molecule has 1 aliphatic carbocycles. The van der Waals surface area contributed by atoms with Gasteiger partial charge < -0.3 is 9.26 Å². The zero-order valence-electron chi connectivity index (χ0n) is 15.2. The summed E-state index contributed by atoms with van der Waals surface area (Å²) in [5, 5.41) is 6.03. The first-order valence-electron chi connectivity index (χ1n) is 9.20. The molecule has 4 nitrogen and oxygen atoms in total. The lowest BCUT2D eigenvalue weighted by Crippen LogP contribution is -2.00. The molecule has 0 atom stereocenters. The van der Waals surface area contributed by atoms with Crippen LogP contribution < -0.4 is 4.74 Å². The lowest BCUT2D eigenvalue weighted by Gasteiger charge is -2.09. The molecule has 2 heterocycles. The molecule has 0 N–H and O–H groups in total. The third-order valence-corrected chi connectivity index (χ3v) is 6.20. The topological polar surface area (TPSA) is 48.2 Å². The lowest BCUT2D eigenvalue weighted by atomic mass is 9.96. The number of aromatic nitrogens is 2. The third kappa shape index (κ3) is 3.01. The van der Waals surface area contributed by atoms with Crippen molar-refractivity contribution in [3.63, 3.8) is 0 Å². The summed E-state index contributed by atoms with van der Waals surface area (Å²) in [4.78, 5) is 6.24. The Balaban J connectivity index is 1.60. The van der Waals surface area contributed by atoms with Gasteiger partial charge in [0.15, 0.2) is 0 Å². The van der Waals surface area contributed by atoms with Crippen molar-refractivity contribution in [2.45, 2.75) is 19.8 Å². The predicted octanol–water partition coefficient (Wildman–Crippen LogP) is 6.28. The lowest BCUT2D eigenvalue weighted by molar-refractivity contribution is 0.340. The number of rotatable bonds is 4. The first-order valence-corrected chi connectivity index (χ1v) is 10.4. The number of hydrogen-bond donors (Lipinski definition) is 0. The Bertz CT molecular complexity index is 1150. The Morgan fingerprint density at radius 3 is 2.75 bits per heavy atom. The van der Waals surface area contributed by atoms with E-state index in [2.05, 4.69) is 11.2 Å². The Kier molecular flexibility index (Phi) is 4.41. The maximum atomic E-state index is 6.04. The summed E-state index contributed by atoms with van der Waals surface area (Å²) in [5.74, 6) is 1.76. The van der Waals surface area contributed by atoms with Crippen LogP contribution in [-0.4, -0.2) is 16.7 Å². The van der Waals surface area contributed by atoms with Crippen molar-refractivity contribution in [1.29, 1.82) is 0 Å². The number of fused-ring (bicyclic) bond motifs is 3. The van der Waals surface area contributed by atoms with Crippen molar-refractivity contribution in [3.05, 3.63) is 64.2 Å². The fraction of sp³-hybridized carbons (Fsp3) is 0.182. The third-order valence-electron chi connectivity index (χ3n) is 4.79. The van der Waals surface area contributed by atoms with Crippen molar-refractivity contribution in [3.8, 4) is 38.8 Å². The molecule has 0 aliphatic heterocycles. The number of aryl methyl sites for hydroxylation is 2. The van der Waals surface area contributed by atoms with Crippen molar-refractivity contribution >= 4 is 22.9 Å². The average molecular weight is 409 g/mol. The molecule has 28 heavy (non-hydrogen) atoms. The highest BCUT2D eigenvalue weighted by atomic mass is 35.5. The van der Waals surface area contributed by atoms with E-state index >= 15 is 0 Å². The molecule has 6 heteroatoms. The van der Waals surface area contributed by atoms with Crippen molar-refractivity contribution in [2.24, 2.45) is 0 Å². The zero-order valence-corrected chi connectivity index (χ0v) is 16.8. The van der Waals surface area contributed by atoms with Crippen LogP contribution in [-0.2, 0) is 12.8 Å². The molecule has 0 saturated heterocycles. The summed E-state index contributed by atoms with van der Waals surface area (Å²) in [7, 11) is 0. The highest BCUT2D eigenvalue weighted by Gasteiger charge is 2.29. The van der Waals surface area contributed by atoms with Gasteiger partial charge in [-0.3, -0.25) is 0 Å². The molecular formula is C22H17ClN2O2S. The SMILES string of the molecule is CCOc1cccc(-c2nc3c(s2)CCc2onc(-c4ccc(Cl)cc4)c2-3)c1. The van der Waals surface area contributed by atoms with Crippen LogP contribution in [0.15, 0.2) is 53.1 Å². The van der Waals surface area contributed by atoms with Crippen molar-refractivity contribution in [2.75, 3.05) is 6.61 Å². The van der Waals surface area contributed by atoms with Crippen LogP contribution in [0.3, 0.4) is 0 Å². The summed E-state index contributed by atoms with van der Waals surface area (Å²) in [5.41, 5.74) is 4.86. The molecule has 2 aromatic heterocycles. The van der Waals surface area contributed by atoms with Crippen LogP contribution in [0.25, 0.3) is 33.1 Å². The fourth-order valence-corrected chi connectivity index (χ4v) is 4.69. The molecule has 5 rings (SSSR count). The van der Waals surface area contributed by atoms with Crippen LogP contribution >= 0.6 is 22.9 Å². The second-order valence-electron chi connectivity index (χ2n) is 6.59. The van der Waals surface area contributed by atoms with E-state index in [1.165, 1.54) is 4.88 Å². The van der Waals surface area contributed by atoms with Gasteiger partial charge in [0.25, 0.3) is 0 Å². The average Bonchev–Trinajstić information content (AvgIpc) is 3.33. The Labute approximate surface area is 171 Å². The number of nitrogens with zero attached hydrogens (tertiary/aromatic N) is 2. The van der Waals surface area contributed by atoms with Crippen molar-refractivity contribution in [1.82, 2.24) is 10.1 Å². The van der Waals surface area contributed by atoms with Gasteiger partial charge in [-0.1, -0.05) is 41.0 Å². The molecule has 0 amide bonds. The number of ether oxygens (including phenoxy) is 1. The van der Waals surface area contributed by atoms with Crippen LogP contribution in [0.5, 0.6) is 5.75 Å². The van der Waals surface area contributed by atoms with E-state index in [0.29, 0.717) is 11.6 Å². The molecule has 1 aliphatic rings. The molecule has 2 aromatic carbocycles. The number of hydrogen-bond acceptors (Lipinski definition) is 5. The second kappa shape index (κ2) is 7.08. The molecule has 0 fully saturated rings. The largest absolute Gasteiger partial charge is 0.494 e. The highest BCUT2D eigenvalue weighted by molar-refractivity contribution is 7.15. The van der Waals surface area contributed by atoms with E-state index in [0.717, 1.165) is 57.4 Å². The normalized spacial score (nSPS) is 12.5. The van der Waals surface area contributed by atoms with Gasteiger partial charge in [-0.15, -0.1) is 11.3 Å². The van der Waals surface area contributed by atoms with Gasteiger partial charge in [0.1, 0.15) is 22.2 Å². The van der Waals surface area contributed by atoms with Gasteiger partial charge >= 0.3 is 0 Å². The van der Waals surface area contributed by atoms with Crippen LogP contribution in [0, 0.1) is 0 Å². The van der Waals surface area contributed by atoms with Crippen LogP contribution in [0.2, 0.25) is 5.02 Å². The minimum Gasteiger partial charge on any atom is -0.494 e. The second-order valence-corrected chi connectivity index (χ2v) is 8.11. The quantitative estimate of drug-likeness (QED) is 0.398. The summed E-state index contributed by atoms with van der Waals surface area (Å²) < 4.78 is 11.3. The first-order chi connectivity index (χ1) is 13.7. The van der Waals surface area contributed by atoms with Crippen LogP contribution in [0.1, 0.15) is 17.6 Å². The van der Waals surface area contributed by atoms with Gasteiger partial charge in [-0.25, -0.2) is 4.98 Å². The minimum atomic E-state index is 0.645. The molecule has 4 aromatic rings. The van der Waals surface area contributed by atoms with E-state index in [1.54, 1.807) is 11.3 Å². The summed E-state index contributed by atoms with van der Waals surface area (Å²) >= 11 is 7.77. The highest BCUT2D eigenvalue weighted by Crippen LogP contribution is 2.44. The van der Waals surface area contributed by atoms with E-state index in [4.69, 9.17) is 25.8 Å². The maximum absolute atomic E-state index is 6.04. The van der Waals surface area contributed by atoms with Gasteiger partial charge in [-0.05, 0) is 37.6 Å². The van der Waals surface area contributed by atoms with E-state index in [-0.39, 0.29) is 0 Å². The predicted molar refractivity (Wildman–Crippen MR) is 112 cm³/mol. The molecule has 140 valence electrons. The Morgan fingerprint density at radius 1 is 1.07 bits per heavy atom. The van der Waals surface area contributed by atoms with Gasteiger partial charge in [-0.2, -0.15) is 0 Å². The summed E-state index contributed by atoms with van der Waals surface area (Å²) in [6.45, 7) is 2.63. The van der Waals surface area contributed by atoms with Gasteiger partial charge in [0.2, 0.25) is 0 Å². The Morgan fingerprint density at radius 2 is 1.93 bits per heavy atom. The van der Waals surface area contributed by atoms with Crippen molar-refractivity contribution < 1.29 is 9.26 Å². The smallest absolute Gasteiger partial charge is 0.147 e. The molecular weight excluding hydrogens is 392 g/mol. The van der Waals surface area contributed by atoms with Crippen LogP contribution in [0.4, 0.5) is 0 Å². The number of thiazole rings is 1. The molecule has 0 spiro atoms. The number of halogens is 1. The summed E-state index contributed by atoms with van der Waals surface area (Å²) in [6, 6.07) is 15.8. The molecule has 0 bridgehead atoms. The molecule has 0 radical (unpaired) electrons. The first kappa shape index (κ1) is 17.5. The standard InChI is InChI=1S/C22H17ClN2O2S/c1-2-26-16-5-3-4-14(12-16)22-24-21-18(28-22)11-10-17-19(21)20(25-27-17)13-6-8-15(23)9-7-13/h3-9,12H,2,10-11H2,1H3. The zero-order chi connectivity index (χ0) is 19.1. The molecule has 0 unspecified atom stereocenters. The number of benzene rings is 2. The van der Waals surface area contributed by atoms with E-state index < -0.39 is 0 Å². The molecule has 0 saturated carbocycles. The monoisotopic (exact) mass is 408 g/mol. The summed E-state index contributed by atoms with van der Waals surface area (Å²) in [6.07, 6.45) is 1.75. The van der Waals surface area contributed by atoms with E-state index in [1.807, 2.05) is 49.4 Å². The van der Waals surface area contributed by atoms with E-state index in [9.17, 15) is 0 Å². The minimum absolute atomic E-state index is 0.645. The Hall–Kier alpha value is -2.63. The maximum Gasteiger partial charge on any atom is 0.147 e.